The number of esters is 8. The van der Waals surface area contributed by atoms with Crippen LogP contribution in [0.5, 0.6) is 0 Å². The van der Waals surface area contributed by atoms with Crippen molar-refractivity contribution in [2.75, 3.05) is 72.7 Å². The summed E-state index contributed by atoms with van der Waals surface area (Å²) in [5.74, 6) is -4.66. The first-order valence-corrected chi connectivity index (χ1v) is 32.0. The Balaban J connectivity index is -0.000000337. The van der Waals surface area contributed by atoms with E-state index in [1.54, 1.807) is 48.5 Å². The summed E-state index contributed by atoms with van der Waals surface area (Å²) in [6.45, 7) is 36.9. The normalized spacial score (nSPS) is 11.6. The average molecular weight is 1280 g/mol. The summed E-state index contributed by atoms with van der Waals surface area (Å²) in [5.41, 5.74) is 0. The van der Waals surface area contributed by atoms with Gasteiger partial charge in [-0.2, -0.15) is 0 Å². The topological polar surface area (TPSA) is 306 Å². The predicted octanol–water partition coefficient (Wildman–Crippen LogP) is 10.6. The monoisotopic (exact) mass is 1280 g/mol. The fourth-order valence-electron chi connectivity index (χ4n) is 5.90. The van der Waals surface area contributed by atoms with Gasteiger partial charge < -0.3 is 52.1 Å². The van der Waals surface area contributed by atoms with E-state index in [-0.39, 0.29) is 84.9 Å². The second kappa shape index (κ2) is 61.2. The maximum atomic E-state index is 11.8. The average Bonchev–Trinajstić information content (AvgIpc) is 3.67. The van der Waals surface area contributed by atoms with Crippen LogP contribution in [0.1, 0.15) is 228 Å². The molecule has 0 aliphatic rings. The van der Waals surface area contributed by atoms with E-state index in [4.69, 9.17) is 37.9 Å². The summed E-state index contributed by atoms with van der Waals surface area (Å²) in [6, 6.07) is 0. The van der Waals surface area contributed by atoms with Crippen LogP contribution in [0.2, 0.25) is 0 Å². The van der Waals surface area contributed by atoms with Crippen molar-refractivity contribution in [3.8, 4) is 0 Å². The molecule has 0 saturated heterocycles. The van der Waals surface area contributed by atoms with Crippen molar-refractivity contribution in [2.24, 2.45) is 35.5 Å². The van der Waals surface area contributed by atoms with Crippen molar-refractivity contribution in [2.45, 2.75) is 246 Å². The molecule has 0 aromatic rings. The lowest BCUT2D eigenvalue weighted by Gasteiger charge is -2.19. The molecule has 0 amide bonds. The molecule has 0 aromatic carbocycles. The quantitative estimate of drug-likeness (QED) is 0.0311. The molecule has 0 radical (unpaired) electrons. The summed E-state index contributed by atoms with van der Waals surface area (Å²) >= 11 is 0. The van der Waals surface area contributed by atoms with Crippen LogP contribution in [-0.4, -0.2) is 162 Å². The van der Waals surface area contributed by atoms with Gasteiger partial charge in [-0.3, -0.25) is 38.4 Å². The molecule has 3 atom stereocenters. The highest BCUT2D eigenvalue weighted by molar-refractivity contribution is 5.88. The lowest BCUT2D eigenvalue weighted by Crippen LogP contribution is -2.36. The van der Waals surface area contributed by atoms with E-state index in [0.29, 0.717) is 58.1 Å². The maximum absolute atomic E-state index is 11.8. The van der Waals surface area contributed by atoms with Gasteiger partial charge in [0.2, 0.25) is 0 Å². The third-order valence-corrected chi connectivity index (χ3v) is 11.8. The van der Waals surface area contributed by atoms with E-state index in [9.17, 15) is 57.5 Å². The van der Waals surface area contributed by atoms with Crippen LogP contribution in [0.3, 0.4) is 0 Å². The number of carbonyl (C=O) groups is 12. The predicted molar refractivity (Wildman–Crippen MR) is 335 cm³/mol. The summed E-state index contributed by atoms with van der Waals surface area (Å²) in [6.07, 6.45) is 9.22. The zero-order chi connectivity index (χ0) is 69.3. The molecular formula is C66H118O23. The second-order valence-corrected chi connectivity index (χ2v) is 22.7. The van der Waals surface area contributed by atoms with Gasteiger partial charge in [-0.1, -0.05) is 130 Å². The number of carbonyl (C=O) groups excluding carboxylic acids is 12. The third kappa shape index (κ3) is 63.7. The van der Waals surface area contributed by atoms with Crippen LogP contribution in [-0.2, 0) is 110 Å². The third-order valence-electron chi connectivity index (χ3n) is 11.8. The zero-order valence-corrected chi connectivity index (χ0v) is 58.0. The molecule has 3 unspecified atom stereocenters. The number of Topliss-reactive ketones (excluding diaryl/α,β-unsaturated/α-hetero) is 4. The van der Waals surface area contributed by atoms with Crippen LogP contribution in [0.15, 0.2) is 0 Å². The van der Waals surface area contributed by atoms with Gasteiger partial charge in [0.25, 0.3) is 0 Å². The Bertz CT molecular complexity index is 1890. The number of ether oxygens (including phenoxy) is 11. The van der Waals surface area contributed by atoms with Gasteiger partial charge in [-0.25, -0.2) is 19.2 Å². The standard InChI is InChI=1S/C16H26O7.C16H30O3.C14H26O5.C12H18O7.C8H18O/c1-8(2)13(17)10(5)21-15(19)12(7)23-16(20)11(6)22-14(18)9(3)4;1-4-5-6-9-12-16(18)19-13-10-7-8-11-15(17)14(2)3;1-4-7-17-9-6-14(16)19-11-10-18-8-5-13(15)12(2)3;1-4-10(14)18-6-12(16)19-7-11(15)17-5-9(13)8(2)3;1-4-6-9-7-5-8(2)3/h8-12H,1-7H3;14H,4-13H2,1-3H3;12H,4-11H2,1-3H3;8H,4-7H2,1-3H3;8H,4-7H2,1-3H3. The molecule has 520 valence electrons. The van der Waals surface area contributed by atoms with Crippen LogP contribution in [0.25, 0.3) is 0 Å². The van der Waals surface area contributed by atoms with Gasteiger partial charge in [0.15, 0.2) is 43.1 Å². The first kappa shape index (κ1) is 92.0. The minimum atomic E-state index is -1.20. The van der Waals surface area contributed by atoms with E-state index in [1.165, 1.54) is 40.0 Å². The van der Waals surface area contributed by atoms with Gasteiger partial charge >= 0.3 is 47.8 Å². The molecule has 89 heavy (non-hydrogen) atoms. The zero-order valence-electron chi connectivity index (χ0n) is 58.0. The number of hydrogen-bond acceptors (Lipinski definition) is 23. The van der Waals surface area contributed by atoms with E-state index in [2.05, 4.69) is 41.9 Å². The van der Waals surface area contributed by atoms with E-state index in [1.807, 2.05) is 34.6 Å². The molecule has 0 aliphatic heterocycles. The van der Waals surface area contributed by atoms with Gasteiger partial charge in [0, 0.05) is 69.2 Å². The van der Waals surface area contributed by atoms with Gasteiger partial charge in [0.05, 0.1) is 38.8 Å². The van der Waals surface area contributed by atoms with Crippen LogP contribution in [0.4, 0.5) is 0 Å². The molecule has 0 rings (SSSR count). The number of unbranched alkanes of at least 4 members (excludes halogenated alkanes) is 5. The lowest BCUT2D eigenvalue weighted by molar-refractivity contribution is -0.180. The molecule has 0 saturated carbocycles. The summed E-state index contributed by atoms with van der Waals surface area (Å²) < 4.78 is 54.1. The van der Waals surface area contributed by atoms with Crippen LogP contribution >= 0.6 is 0 Å². The molecule has 0 fully saturated rings. The molecule has 0 N–H and O–H groups in total. The minimum Gasteiger partial charge on any atom is -0.466 e. The van der Waals surface area contributed by atoms with Crippen molar-refractivity contribution in [1.29, 1.82) is 0 Å². The Hall–Kier alpha value is -5.68. The Kier molecular flexibility index (Phi) is 63.3. The highest BCUT2D eigenvalue weighted by Crippen LogP contribution is 2.11. The highest BCUT2D eigenvalue weighted by atomic mass is 16.6. The van der Waals surface area contributed by atoms with E-state index < -0.39 is 67.3 Å². The number of rotatable bonds is 45. The van der Waals surface area contributed by atoms with Crippen molar-refractivity contribution >= 4 is 70.9 Å². The minimum absolute atomic E-state index is 0.0459. The smallest absolute Gasteiger partial charge is 0.347 e. The first-order chi connectivity index (χ1) is 41.7. The molecule has 0 heterocycles. The lowest BCUT2D eigenvalue weighted by atomic mass is 10.0. The van der Waals surface area contributed by atoms with Crippen LogP contribution in [0, 0.1) is 35.5 Å². The molecular weight excluding hydrogens is 1160 g/mol. The molecule has 23 heteroatoms. The summed E-state index contributed by atoms with van der Waals surface area (Å²) in [4.78, 5) is 136. The van der Waals surface area contributed by atoms with Gasteiger partial charge in [-0.05, 0) is 71.6 Å². The Labute approximate surface area is 533 Å². The van der Waals surface area contributed by atoms with Gasteiger partial charge in [0.1, 0.15) is 24.8 Å². The largest absolute Gasteiger partial charge is 0.466 e. The molecule has 0 spiro atoms. The Morgan fingerprint density at radius 3 is 1.20 bits per heavy atom. The number of hydrogen-bond donors (Lipinski definition) is 0. The van der Waals surface area contributed by atoms with E-state index >= 15 is 0 Å². The number of ketones is 4. The Morgan fingerprint density at radius 2 is 0.719 bits per heavy atom. The fourth-order valence-corrected chi connectivity index (χ4v) is 5.90. The highest BCUT2D eigenvalue weighted by Gasteiger charge is 2.29. The molecule has 0 aliphatic carbocycles. The summed E-state index contributed by atoms with van der Waals surface area (Å²) in [7, 11) is 0. The Morgan fingerprint density at radius 1 is 0.292 bits per heavy atom. The van der Waals surface area contributed by atoms with Gasteiger partial charge in [-0.15, -0.1) is 0 Å². The van der Waals surface area contributed by atoms with E-state index in [0.717, 1.165) is 64.1 Å². The van der Waals surface area contributed by atoms with Crippen molar-refractivity contribution in [1.82, 2.24) is 0 Å². The first-order valence-electron chi connectivity index (χ1n) is 32.0. The van der Waals surface area contributed by atoms with Crippen molar-refractivity contribution < 1.29 is 110 Å². The van der Waals surface area contributed by atoms with Crippen molar-refractivity contribution in [3.63, 3.8) is 0 Å². The SMILES string of the molecule is CC(C)C(=O)OC(C)C(=O)OC(C)C(=O)OC(C)C(=O)C(C)C.CCC(=O)OCC(=O)OCC(=O)OCC(=O)C(C)C.CCCCCCC(=O)OCCCCCC(=O)C(C)C.CCCOCCC(=O)OCCOCCC(=O)C(C)C.CCCOCCC(C)C. The maximum Gasteiger partial charge on any atom is 0.347 e. The van der Waals surface area contributed by atoms with Crippen molar-refractivity contribution in [3.05, 3.63) is 0 Å². The molecule has 0 aromatic heterocycles. The van der Waals surface area contributed by atoms with Crippen LogP contribution < -0.4 is 0 Å². The summed E-state index contributed by atoms with van der Waals surface area (Å²) in [5, 5.41) is 0. The second-order valence-electron chi connectivity index (χ2n) is 22.7. The fraction of sp³-hybridized carbons (Fsp3) is 0.818. The molecule has 23 nitrogen and oxygen atoms in total. The molecule has 0 bridgehead atoms.